The highest BCUT2D eigenvalue weighted by molar-refractivity contribution is 6.09. The molecule has 0 unspecified atom stereocenters. The van der Waals surface area contributed by atoms with Crippen LogP contribution in [-0.4, -0.2) is 26.2 Å². The number of carbonyl (C=O) groups is 2. The highest BCUT2D eigenvalue weighted by atomic mass is 19.1. The third kappa shape index (κ3) is 2.32. The van der Waals surface area contributed by atoms with Crippen molar-refractivity contribution in [2.45, 2.75) is 6.92 Å². The van der Waals surface area contributed by atoms with Gasteiger partial charge in [-0.2, -0.15) is 5.10 Å². The van der Waals surface area contributed by atoms with E-state index in [0.717, 1.165) is 0 Å². The number of aromatic nitrogens is 3. The average molecular weight is 329 g/mol. The lowest BCUT2D eigenvalue weighted by Gasteiger charge is -2.07. The fourth-order valence-corrected chi connectivity index (χ4v) is 2.81. The number of primary amides is 1. The maximum absolute atomic E-state index is 13.9. The van der Waals surface area contributed by atoms with Crippen LogP contribution < -0.4 is 11.1 Å². The second-order valence-electron chi connectivity index (χ2n) is 5.51. The fraction of sp³-hybridized carbons (Fsp3) is 0.188. The molecule has 2 aromatic heterocycles. The zero-order chi connectivity index (χ0) is 17.6. The second kappa shape index (κ2) is 5.48. The number of fused-ring (bicyclic) bond motifs is 1. The van der Waals surface area contributed by atoms with Crippen molar-refractivity contribution in [3.63, 3.8) is 0 Å². The lowest BCUT2D eigenvalue weighted by molar-refractivity contribution is 0.0992. The number of nitrogens with zero attached hydrogens (tertiary/aromatic N) is 3. The van der Waals surface area contributed by atoms with E-state index in [-0.39, 0.29) is 17.1 Å². The maximum atomic E-state index is 13.9. The maximum Gasteiger partial charge on any atom is 0.272 e. The number of amides is 2. The summed E-state index contributed by atoms with van der Waals surface area (Å²) in [5.74, 6) is -1.58. The monoisotopic (exact) mass is 329 g/mol. The van der Waals surface area contributed by atoms with E-state index in [0.29, 0.717) is 16.6 Å². The molecule has 0 saturated carbocycles. The van der Waals surface area contributed by atoms with Gasteiger partial charge in [-0.3, -0.25) is 14.3 Å². The molecule has 24 heavy (non-hydrogen) atoms. The van der Waals surface area contributed by atoms with E-state index in [9.17, 15) is 14.0 Å². The quantitative estimate of drug-likeness (QED) is 0.766. The van der Waals surface area contributed by atoms with Crippen LogP contribution in [0.1, 0.15) is 26.7 Å². The molecule has 0 spiro atoms. The third-order valence-electron chi connectivity index (χ3n) is 3.96. The van der Waals surface area contributed by atoms with Crippen LogP contribution in [-0.2, 0) is 14.1 Å². The Kier molecular flexibility index (Phi) is 3.59. The first-order valence-corrected chi connectivity index (χ1v) is 7.20. The van der Waals surface area contributed by atoms with Gasteiger partial charge in [0.1, 0.15) is 17.2 Å². The standard InChI is InChI=1S/C16H16FN5O2/c1-8-13(14(15(18)23)22(3)20-8)19-16(24)12-7-9-10(17)5-4-6-11(9)21(12)2/h4-7H,1-3H3,(H2,18,23)(H,19,24). The van der Waals surface area contributed by atoms with Crippen LogP contribution in [0.3, 0.4) is 0 Å². The van der Waals surface area contributed by atoms with Crippen LogP contribution in [0.25, 0.3) is 10.9 Å². The van der Waals surface area contributed by atoms with Gasteiger partial charge in [-0.05, 0) is 25.1 Å². The van der Waals surface area contributed by atoms with Gasteiger partial charge < -0.3 is 15.6 Å². The van der Waals surface area contributed by atoms with Gasteiger partial charge in [0.2, 0.25) is 0 Å². The molecule has 0 aliphatic carbocycles. The van der Waals surface area contributed by atoms with E-state index in [1.807, 2.05) is 0 Å². The molecule has 0 fully saturated rings. The molecule has 2 amide bonds. The first-order valence-electron chi connectivity index (χ1n) is 7.20. The van der Waals surface area contributed by atoms with Crippen LogP contribution >= 0.6 is 0 Å². The highest BCUT2D eigenvalue weighted by Gasteiger charge is 2.22. The topological polar surface area (TPSA) is 94.9 Å². The number of carbonyl (C=O) groups excluding carboxylic acids is 2. The van der Waals surface area contributed by atoms with Crippen molar-refractivity contribution in [3.05, 3.63) is 47.2 Å². The Bertz CT molecular complexity index is 986. The average Bonchev–Trinajstić information content (AvgIpc) is 2.98. The molecule has 0 bridgehead atoms. The molecule has 0 radical (unpaired) electrons. The molecule has 3 N–H and O–H groups in total. The van der Waals surface area contributed by atoms with Crippen molar-refractivity contribution in [1.82, 2.24) is 14.3 Å². The van der Waals surface area contributed by atoms with Gasteiger partial charge >= 0.3 is 0 Å². The number of halogens is 1. The molecule has 0 aliphatic rings. The Morgan fingerprint density at radius 2 is 2.00 bits per heavy atom. The molecule has 0 aliphatic heterocycles. The van der Waals surface area contributed by atoms with E-state index in [1.165, 1.54) is 16.8 Å². The molecule has 3 aromatic rings. The van der Waals surface area contributed by atoms with Gasteiger partial charge in [0.15, 0.2) is 0 Å². The summed E-state index contributed by atoms with van der Waals surface area (Å²) < 4.78 is 16.8. The third-order valence-corrected chi connectivity index (χ3v) is 3.96. The minimum atomic E-state index is -0.698. The van der Waals surface area contributed by atoms with Crippen molar-refractivity contribution < 1.29 is 14.0 Å². The molecule has 2 heterocycles. The summed E-state index contributed by atoms with van der Waals surface area (Å²) in [6.45, 7) is 1.66. The lowest BCUT2D eigenvalue weighted by atomic mass is 10.2. The van der Waals surface area contributed by atoms with Gasteiger partial charge in [-0.15, -0.1) is 0 Å². The van der Waals surface area contributed by atoms with Crippen molar-refractivity contribution in [3.8, 4) is 0 Å². The summed E-state index contributed by atoms with van der Waals surface area (Å²) in [5, 5.41) is 7.09. The predicted molar refractivity (Wildman–Crippen MR) is 87.3 cm³/mol. The Morgan fingerprint density at radius 3 is 2.62 bits per heavy atom. The molecular formula is C16H16FN5O2. The largest absolute Gasteiger partial charge is 0.364 e. The molecule has 7 nitrogen and oxygen atoms in total. The smallest absolute Gasteiger partial charge is 0.272 e. The van der Waals surface area contributed by atoms with Gasteiger partial charge in [0, 0.05) is 19.5 Å². The molecule has 124 valence electrons. The summed E-state index contributed by atoms with van der Waals surface area (Å²) in [6.07, 6.45) is 0. The number of aryl methyl sites for hydroxylation is 3. The molecule has 8 heteroatoms. The Hall–Kier alpha value is -3.16. The number of benzene rings is 1. The van der Waals surface area contributed by atoms with Crippen LogP contribution in [0.4, 0.5) is 10.1 Å². The summed E-state index contributed by atoms with van der Waals surface area (Å²) >= 11 is 0. The van der Waals surface area contributed by atoms with Crippen molar-refractivity contribution >= 4 is 28.4 Å². The number of hydrogen-bond acceptors (Lipinski definition) is 3. The van der Waals surface area contributed by atoms with E-state index >= 15 is 0 Å². The number of anilines is 1. The van der Waals surface area contributed by atoms with Crippen LogP contribution in [0.5, 0.6) is 0 Å². The molecule has 0 atom stereocenters. The van der Waals surface area contributed by atoms with Crippen LogP contribution in [0.15, 0.2) is 24.3 Å². The van der Waals surface area contributed by atoms with Crippen molar-refractivity contribution in [1.29, 1.82) is 0 Å². The van der Waals surface area contributed by atoms with Crippen molar-refractivity contribution in [2.24, 2.45) is 19.8 Å². The van der Waals surface area contributed by atoms with E-state index < -0.39 is 17.6 Å². The zero-order valence-electron chi connectivity index (χ0n) is 13.4. The highest BCUT2D eigenvalue weighted by Crippen LogP contribution is 2.24. The summed E-state index contributed by atoms with van der Waals surface area (Å²) in [5.41, 5.74) is 7.02. The lowest BCUT2D eigenvalue weighted by Crippen LogP contribution is -2.21. The molecular weight excluding hydrogens is 313 g/mol. The molecule has 1 aromatic carbocycles. The van der Waals surface area contributed by atoms with Gasteiger partial charge in [-0.1, -0.05) is 6.07 Å². The molecule has 0 saturated heterocycles. The summed E-state index contributed by atoms with van der Waals surface area (Å²) in [4.78, 5) is 24.2. The van der Waals surface area contributed by atoms with Crippen LogP contribution in [0.2, 0.25) is 0 Å². The first-order chi connectivity index (χ1) is 11.3. The fourth-order valence-electron chi connectivity index (χ4n) is 2.81. The van der Waals surface area contributed by atoms with E-state index in [4.69, 9.17) is 5.73 Å². The van der Waals surface area contributed by atoms with Crippen molar-refractivity contribution in [2.75, 3.05) is 5.32 Å². The second-order valence-corrected chi connectivity index (χ2v) is 5.51. The summed E-state index contributed by atoms with van der Waals surface area (Å²) in [7, 11) is 3.23. The summed E-state index contributed by atoms with van der Waals surface area (Å²) in [6, 6.07) is 6.10. The Balaban J connectivity index is 2.05. The van der Waals surface area contributed by atoms with Gasteiger partial charge in [0.25, 0.3) is 11.8 Å². The predicted octanol–water partition coefficient (Wildman–Crippen LogP) is 1.71. The normalized spacial score (nSPS) is 11.0. The molecule has 3 rings (SSSR count). The Morgan fingerprint density at radius 1 is 1.29 bits per heavy atom. The first kappa shape index (κ1) is 15.7. The van der Waals surface area contributed by atoms with Gasteiger partial charge in [0.05, 0.1) is 16.9 Å². The van der Waals surface area contributed by atoms with Crippen LogP contribution in [0, 0.1) is 12.7 Å². The number of rotatable bonds is 3. The van der Waals surface area contributed by atoms with E-state index in [2.05, 4.69) is 10.4 Å². The zero-order valence-corrected chi connectivity index (χ0v) is 13.4. The van der Waals surface area contributed by atoms with Gasteiger partial charge in [-0.25, -0.2) is 4.39 Å². The number of nitrogens with one attached hydrogen (secondary N) is 1. The van der Waals surface area contributed by atoms with E-state index in [1.54, 1.807) is 37.7 Å². The number of nitrogens with two attached hydrogens (primary N) is 1. The SMILES string of the molecule is Cc1nn(C)c(C(N)=O)c1NC(=O)c1cc2c(F)cccc2n1C. The Labute approximate surface area is 136 Å². The minimum absolute atomic E-state index is 0.103. The minimum Gasteiger partial charge on any atom is -0.364 e. The number of hydrogen-bond donors (Lipinski definition) is 2.